The zero-order chi connectivity index (χ0) is 17.8. The van der Waals surface area contributed by atoms with E-state index in [1.807, 2.05) is 6.07 Å². The summed E-state index contributed by atoms with van der Waals surface area (Å²) in [7, 11) is 0. The highest BCUT2D eigenvalue weighted by atomic mass is 35.5. The molecule has 1 heterocycles. The molecule has 1 aliphatic rings. The Bertz CT molecular complexity index is 866. The molecule has 1 N–H and O–H groups in total. The van der Waals surface area contributed by atoms with E-state index in [1.165, 1.54) is 24.3 Å². The summed E-state index contributed by atoms with van der Waals surface area (Å²) in [6.07, 6.45) is 2.60. The number of nitrogens with one attached hydrogen (secondary N) is 1. The van der Waals surface area contributed by atoms with Crippen LogP contribution in [0.1, 0.15) is 11.1 Å². The molecule has 2 aromatic rings. The lowest BCUT2D eigenvalue weighted by Crippen LogP contribution is -2.20. The van der Waals surface area contributed by atoms with Crippen molar-refractivity contribution in [2.24, 2.45) is 0 Å². The Morgan fingerprint density at radius 2 is 2.04 bits per heavy atom. The van der Waals surface area contributed by atoms with Gasteiger partial charge in [0.15, 0.2) is 11.5 Å². The highest BCUT2D eigenvalue weighted by Gasteiger charge is 2.22. The molecule has 8 heteroatoms. The molecule has 0 unspecified atom stereocenters. The minimum atomic E-state index is -0.536. The number of hydrogen-bond acceptors (Lipinski definition) is 5. The van der Waals surface area contributed by atoms with Gasteiger partial charge in [0.1, 0.15) is 0 Å². The van der Waals surface area contributed by atoms with Crippen molar-refractivity contribution in [1.29, 1.82) is 0 Å². The number of benzene rings is 2. The maximum Gasteiger partial charge on any atom is 0.280 e. The smallest absolute Gasteiger partial charge is 0.280 e. The molecule has 0 saturated heterocycles. The van der Waals surface area contributed by atoms with Crippen LogP contribution in [0.25, 0.3) is 6.08 Å². The highest BCUT2D eigenvalue weighted by molar-refractivity contribution is 6.30. The van der Waals surface area contributed by atoms with Crippen molar-refractivity contribution in [3.8, 4) is 11.5 Å². The van der Waals surface area contributed by atoms with Gasteiger partial charge in [0.25, 0.3) is 5.69 Å². The number of nitrogens with zero attached hydrogens (tertiary/aromatic N) is 1. The zero-order valence-electron chi connectivity index (χ0n) is 12.9. The standard InChI is InChI=1S/C17H13ClN2O5/c18-13-3-1-2-11(6-13)9-19-17(21)5-4-12-7-15-16(25-10-24-15)8-14(12)20(22)23/h1-8H,9-10H2,(H,19,21)/b5-4+. The molecule has 0 aromatic heterocycles. The van der Waals surface area contributed by atoms with E-state index in [2.05, 4.69) is 5.32 Å². The maximum atomic E-state index is 11.9. The van der Waals surface area contributed by atoms with Crippen molar-refractivity contribution >= 4 is 29.3 Å². The van der Waals surface area contributed by atoms with Crippen molar-refractivity contribution in [3.63, 3.8) is 0 Å². The van der Waals surface area contributed by atoms with Gasteiger partial charge in [0.05, 0.1) is 16.6 Å². The van der Waals surface area contributed by atoms with Gasteiger partial charge in [-0.1, -0.05) is 23.7 Å². The van der Waals surface area contributed by atoms with Gasteiger partial charge < -0.3 is 14.8 Å². The van der Waals surface area contributed by atoms with Crippen molar-refractivity contribution in [2.45, 2.75) is 6.54 Å². The van der Waals surface area contributed by atoms with Crippen LogP contribution in [0.15, 0.2) is 42.5 Å². The van der Waals surface area contributed by atoms with Crippen molar-refractivity contribution in [3.05, 3.63) is 68.7 Å². The first-order chi connectivity index (χ1) is 12.0. The molecular weight excluding hydrogens is 348 g/mol. The van der Waals surface area contributed by atoms with Crippen LogP contribution >= 0.6 is 11.6 Å². The van der Waals surface area contributed by atoms with Crippen molar-refractivity contribution < 1.29 is 19.2 Å². The fourth-order valence-electron chi connectivity index (χ4n) is 2.30. The van der Waals surface area contributed by atoms with E-state index in [9.17, 15) is 14.9 Å². The summed E-state index contributed by atoms with van der Waals surface area (Å²) in [5.41, 5.74) is 0.943. The molecule has 0 spiro atoms. The number of nitro benzene ring substituents is 1. The molecule has 1 amide bonds. The van der Waals surface area contributed by atoms with Gasteiger partial charge in [0.2, 0.25) is 12.7 Å². The van der Waals surface area contributed by atoms with E-state index >= 15 is 0 Å². The van der Waals surface area contributed by atoms with E-state index in [0.717, 1.165) is 5.56 Å². The molecule has 0 fully saturated rings. The Hall–Kier alpha value is -3.06. The van der Waals surface area contributed by atoms with Gasteiger partial charge in [-0.15, -0.1) is 0 Å². The molecule has 0 saturated carbocycles. The summed E-state index contributed by atoms with van der Waals surface area (Å²) in [6.45, 7) is 0.312. The number of rotatable bonds is 5. The van der Waals surface area contributed by atoms with Gasteiger partial charge in [-0.2, -0.15) is 0 Å². The Morgan fingerprint density at radius 3 is 2.76 bits per heavy atom. The Labute approximate surface area is 148 Å². The number of amides is 1. The van der Waals surface area contributed by atoms with E-state index in [4.69, 9.17) is 21.1 Å². The topological polar surface area (TPSA) is 90.7 Å². The Morgan fingerprint density at radius 1 is 1.28 bits per heavy atom. The fourth-order valence-corrected chi connectivity index (χ4v) is 2.51. The number of halogens is 1. The number of carbonyl (C=O) groups is 1. The van der Waals surface area contributed by atoms with Crippen LogP contribution < -0.4 is 14.8 Å². The lowest BCUT2D eigenvalue weighted by atomic mass is 10.1. The summed E-state index contributed by atoms with van der Waals surface area (Å²) in [5, 5.41) is 14.4. The third kappa shape index (κ3) is 4.07. The van der Waals surface area contributed by atoms with E-state index in [1.54, 1.807) is 18.2 Å². The van der Waals surface area contributed by atoms with Gasteiger partial charge in [0, 0.05) is 17.6 Å². The molecule has 0 radical (unpaired) electrons. The highest BCUT2D eigenvalue weighted by Crippen LogP contribution is 2.38. The predicted octanol–water partition coefficient (Wildman–Crippen LogP) is 3.31. The summed E-state index contributed by atoms with van der Waals surface area (Å²) >= 11 is 5.88. The molecule has 0 atom stereocenters. The predicted molar refractivity (Wildman–Crippen MR) is 91.6 cm³/mol. The number of nitro groups is 1. The van der Waals surface area contributed by atoms with Crippen LogP contribution in [0, 0.1) is 10.1 Å². The molecule has 0 bridgehead atoms. The van der Waals surface area contributed by atoms with Gasteiger partial charge in [-0.3, -0.25) is 14.9 Å². The van der Waals surface area contributed by atoms with E-state index < -0.39 is 4.92 Å². The second-order valence-corrected chi connectivity index (χ2v) is 5.64. The van der Waals surface area contributed by atoms with Crippen LogP contribution in [-0.4, -0.2) is 17.6 Å². The second-order valence-electron chi connectivity index (χ2n) is 5.20. The number of carbonyl (C=O) groups excluding carboxylic acids is 1. The molecule has 2 aromatic carbocycles. The van der Waals surface area contributed by atoms with E-state index in [0.29, 0.717) is 23.1 Å². The molecule has 3 rings (SSSR count). The summed E-state index contributed by atoms with van der Waals surface area (Å²) in [6, 6.07) is 9.86. The number of fused-ring (bicyclic) bond motifs is 1. The third-order valence-corrected chi connectivity index (χ3v) is 3.72. The minimum Gasteiger partial charge on any atom is -0.454 e. The minimum absolute atomic E-state index is 0.0137. The Balaban J connectivity index is 1.71. The quantitative estimate of drug-likeness (QED) is 0.502. The second kappa shape index (κ2) is 7.23. The van der Waals surface area contributed by atoms with Crippen LogP contribution in [0.5, 0.6) is 11.5 Å². The SMILES string of the molecule is O=C(/C=C/c1cc2c(cc1[N+](=O)[O-])OCO2)NCc1cccc(Cl)c1. The van der Waals surface area contributed by atoms with E-state index in [-0.39, 0.29) is 24.0 Å². The average Bonchev–Trinajstić information content (AvgIpc) is 3.04. The number of hydrogen-bond donors (Lipinski definition) is 1. The first kappa shape index (κ1) is 16.8. The summed E-state index contributed by atoms with van der Waals surface area (Å²) < 4.78 is 10.3. The van der Waals surface area contributed by atoms with Crippen LogP contribution in [0.3, 0.4) is 0 Å². The lowest BCUT2D eigenvalue weighted by Gasteiger charge is -2.03. The summed E-state index contributed by atoms with van der Waals surface area (Å²) in [4.78, 5) is 22.6. The van der Waals surface area contributed by atoms with Gasteiger partial charge in [-0.05, 0) is 29.8 Å². The molecule has 7 nitrogen and oxygen atoms in total. The molecule has 128 valence electrons. The monoisotopic (exact) mass is 360 g/mol. The normalized spacial score (nSPS) is 12.4. The largest absolute Gasteiger partial charge is 0.454 e. The first-order valence-electron chi connectivity index (χ1n) is 7.31. The first-order valence-corrected chi connectivity index (χ1v) is 7.69. The molecule has 25 heavy (non-hydrogen) atoms. The Kier molecular flexibility index (Phi) is 4.85. The molecule has 0 aliphatic carbocycles. The summed E-state index contributed by atoms with van der Waals surface area (Å²) in [5.74, 6) is 0.339. The molecular formula is C17H13ClN2O5. The van der Waals surface area contributed by atoms with Crippen molar-refractivity contribution in [1.82, 2.24) is 5.32 Å². The van der Waals surface area contributed by atoms with Gasteiger partial charge >= 0.3 is 0 Å². The third-order valence-electron chi connectivity index (χ3n) is 3.49. The molecule has 1 aliphatic heterocycles. The zero-order valence-corrected chi connectivity index (χ0v) is 13.7. The van der Waals surface area contributed by atoms with Crippen LogP contribution in [-0.2, 0) is 11.3 Å². The van der Waals surface area contributed by atoms with Gasteiger partial charge in [-0.25, -0.2) is 0 Å². The lowest BCUT2D eigenvalue weighted by molar-refractivity contribution is -0.385. The number of ether oxygens (including phenoxy) is 2. The maximum absolute atomic E-state index is 11.9. The fraction of sp³-hybridized carbons (Fsp3) is 0.118. The van der Waals surface area contributed by atoms with Crippen LogP contribution in [0.2, 0.25) is 5.02 Å². The average molecular weight is 361 g/mol. The van der Waals surface area contributed by atoms with Crippen molar-refractivity contribution in [2.75, 3.05) is 6.79 Å². The van der Waals surface area contributed by atoms with Crippen LogP contribution in [0.4, 0.5) is 5.69 Å².